The van der Waals surface area contributed by atoms with Crippen LogP contribution in [0.25, 0.3) is 0 Å². The molecule has 0 saturated heterocycles. The predicted octanol–water partition coefficient (Wildman–Crippen LogP) is 2.20. The van der Waals surface area contributed by atoms with Gasteiger partial charge in [-0.25, -0.2) is 4.79 Å². The zero-order valence-corrected chi connectivity index (χ0v) is 11.6. The van der Waals surface area contributed by atoms with Crippen LogP contribution in [0.1, 0.15) is 41.5 Å². The minimum Gasteiger partial charge on any atom is -0.464 e. The third-order valence-electron chi connectivity index (χ3n) is 1.89. The van der Waals surface area contributed by atoms with Crippen molar-refractivity contribution >= 4 is 12.1 Å². The molecule has 0 aliphatic heterocycles. The summed E-state index contributed by atoms with van der Waals surface area (Å²) in [6, 6.07) is 0.000378. The fraction of sp³-hybridized carbons (Fsp3) is 0.833. The summed E-state index contributed by atoms with van der Waals surface area (Å²) in [5.74, 6) is -0.349. The second-order valence-corrected chi connectivity index (χ2v) is 5.11. The van der Waals surface area contributed by atoms with E-state index < -0.39 is 5.60 Å². The normalized spacial score (nSPS) is 11.2. The Morgan fingerprint density at radius 2 is 1.76 bits per heavy atom. The lowest BCUT2D eigenvalue weighted by Gasteiger charge is -2.29. The third kappa shape index (κ3) is 7.60. The van der Waals surface area contributed by atoms with Crippen LogP contribution in [0.4, 0.5) is 4.79 Å². The molecular formula is C12H23NO4. The van der Waals surface area contributed by atoms with Crippen molar-refractivity contribution in [1.29, 1.82) is 0 Å². The molecule has 0 saturated carbocycles. The van der Waals surface area contributed by atoms with Crippen LogP contribution in [-0.4, -0.2) is 41.8 Å². The molecule has 5 nitrogen and oxygen atoms in total. The van der Waals surface area contributed by atoms with Gasteiger partial charge in [-0.2, -0.15) is 0 Å². The van der Waals surface area contributed by atoms with E-state index in [9.17, 15) is 9.59 Å². The number of nitrogens with zero attached hydrogens (tertiary/aromatic N) is 1. The Kier molecular flexibility index (Phi) is 5.99. The highest BCUT2D eigenvalue weighted by Crippen LogP contribution is 2.11. The van der Waals surface area contributed by atoms with Crippen molar-refractivity contribution in [3.63, 3.8) is 0 Å². The van der Waals surface area contributed by atoms with Gasteiger partial charge in [0.25, 0.3) is 0 Å². The van der Waals surface area contributed by atoms with Crippen LogP contribution in [0.15, 0.2) is 0 Å². The maximum atomic E-state index is 11.8. The van der Waals surface area contributed by atoms with Gasteiger partial charge in [-0.15, -0.1) is 0 Å². The Hall–Kier alpha value is -1.26. The summed E-state index contributed by atoms with van der Waals surface area (Å²) in [5.41, 5.74) is -0.522. The van der Waals surface area contributed by atoms with Crippen molar-refractivity contribution in [2.45, 2.75) is 53.2 Å². The summed E-state index contributed by atoms with van der Waals surface area (Å²) in [7, 11) is 0. The van der Waals surface area contributed by atoms with E-state index in [1.165, 1.54) is 11.8 Å². The van der Waals surface area contributed by atoms with Crippen LogP contribution >= 0.6 is 0 Å². The first kappa shape index (κ1) is 15.7. The first-order valence-electron chi connectivity index (χ1n) is 5.76. The number of amides is 1. The molecule has 0 heterocycles. The lowest BCUT2D eigenvalue weighted by molar-refractivity contribution is -0.141. The van der Waals surface area contributed by atoms with Crippen LogP contribution in [0.5, 0.6) is 0 Å². The molecule has 0 unspecified atom stereocenters. The molecule has 17 heavy (non-hydrogen) atoms. The van der Waals surface area contributed by atoms with Crippen LogP contribution in [0.3, 0.4) is 0 Å². The van der Waals surface area contributed by atoms with Gasteiger partial charge in [0.05, 0.1) is 6.54 Å². The van der Waals surface area contributed by atoms with Gasteiger partial charge < -0.3 is 14.4 Å². The largest absolute Gasteiger partial charge is 0.464 e. The zero-order chi connectivity index (χ0) is 13.6. The number of carbonyl (C=O) groups excluding carboxylic acids is 2. The molecule has 100 valence electrons. The SMILES string of the molecule is CC(=O)OCCN(C(=O)OC(C)(C)C)C(C)C. The van der Waals surface area contributed by atoms with Crippen molar-refractivity contribution < 1.29 is 19.1 Å². The number of carbonyl (C=O) groups is 2. The summed E-state index contributed by atoms with van der Waals surface area (Å²) >= 11 is 0. The third-order valence-corrected chi connectivity index (χ3v) is 1.89. The Morgan fingerprint density at radius 3 is 2.12 bits per heavy atom. The van der Waals surface area contributed by atoms with Gasteiger partial charge in [-0.3, -0.25) is 4.79 Å². The summed E-state index contributed by atoms with van der Waals surface area (Å²) in [4.78, 5) is 24.0. The molecule has 0 rings (SSSR count). The van der Waals surface area contributed by atoms with Crippen molar-refractivity contribution in [1.82, 2.24) is 4.90 Å². The summed E-state index contributed by atoms with van der Waals surface area (Å²) in [5, 5.41) is 0. The molecule has 0 aromatic heterocycles. The van der Waals surface area contributed by atoms with E-state index in [1.54, 1.807) is 0 Å². The average molecular weight is 245 g/mol. The highest BCUT2D eigenvalue weighted by Gasteiger charge is 2.23. The molecule has 0 radical (unpaired) electrons. The van der Waals surface area contributed by atoms with Gasteiger partial charge in [-0.05, 0) is 34.6 Å². The van der Waals surface area contributed by atoms with E-state index in [2.05, 4.69) is 0 Å². The van der Waals surface area contributed by atoms with Crippen molar-refractivity contribution in [2.24, 2.45) is 0 Å². The first-order valence-corrected chi connectivity index (χ1v) is 5.76. The highest BCUT2D eigenvalue weighted by molar-refractivity contribution is 5.68. The molecule has 0 aromatic carbocycles. The van der Waals surface area contributed by atoms with E-state index in [0.29, 0.717) is 6.54 Å². The highest BCUT2D eigenvalue weighted by atomic mass is 16.6. The Morgan fingerprint density at radius 1 is 1.24 bits per heavy atom. The number of ether oxygens (including phenoxy) is 2. The van der Waals surface area contributed by atoms with Crippen LogP contribution < -0.4 is 0 Å². The smallest absolute Gasteiger partial charge is 0.410 e. The van der Waals surface area contributed by atoms with Crippen molar-refractivity contribution in [2.75, 3.05) is 13.2 Å². The second kappa shape index (κ2) is 6.47. The summed E-state index contributed by atoms with van der Waals surface area (Å²) < 4.78 is 10.1. The van der Waals surface area contributed by atoms with Gasteiger partial charge in [0.1, 0.15) is 12.2 Å². The molecule has 5 heteroatoms. The van der Waals surface area contributed by atoms with Crippen LogP contribution in [-0.2, 0) is 14.3 Å². The first-order chi connectivity index (χ1) is 7.63. The maximum Gasteiger partial charge on any atom is 0.410 e. The maximum absolute atomic E-state index is 11.8. The fourth-order valence-electron chi connectivity index (χ4n) is 1.17. The second-order valence-electron chi connectivity index (χ2n) is 5.11. The fourth-order valence-corrected chi connectivity index (χ4v) is 1.17. The zero-order valence-electron chi connectivity index (χ0n) is 11.6. The van der Waals surface area contributed by atoms with E-state index in [1.807, 2.05) is 34.6 Å². The van der Waals surface area contributed by atoms with Gasteiger partial charge in [0.2, 0.25) is 0 Å². The van der Waals surface area contributed by atoms with Gasteiger partial charge in [0.15, 0.2) is 0 Å². The van der Waals surface area contributed by atoms with E-state index in [-0.39, 0.29) is 24.7 Å². The molecule has 0 aliphatic carbocycles. The lowest BCUT2D eigenvalue weighted by Crippen LogP contribution is -2.42. The lowest BCUT2D eigenvalue weighted by atomic mass is 10.2. The average Bonchev–Trinajstić information content (AvgIpc) is 2.07. The van der Waals surface area contributed by atoms with Gasteiger partial charge in [-0.1, -0.05) is 0 Å². The van der Waals surface area contributed by atoms with E-state index in [4.69, 9.17) is 9.47 Å². The van der Waals surface area contributed by atoms with E-state index >= 15 is 0 Å². The predicted molar refractivity (Wildman–Crippen MR) is 64.7 cm³/mol. The molecular weight excluding hydrogens is 222 g/mol. The molecule has 0 N–H and O–H groups in total. The number of hydrogen-bond acceptors (Lipinski definition) is 4. The topological polar surface area (TPSA) is 55.8 Å². The molecule has 0 aromatic rings. The van der Waals surface area contributed by atoms with E-state index in [0.717, 1.165) is 0 Å². The standard InChI is InChI=1S/C12H23NO4/c1-9(2)13(7-8-16-10(3)14)11(15)17-12(4,5)6/h9H,7-8H2,1-6H3. The van der Waals surface area contributed by atoms with Gasteiger partial charge in [0, 0.05) is 13.0 Å². The number of rotatable bonds is 4. The van der Waals surface area contributed by atoms with Crippen molar-refractivity contribution in [3.05, 3.63) is 0 Å². The Labute approximate surface area is 103 Å². The summed E-state index contributed by atoms with van der Waals surface area (Å²) in [6.07, 6.45) is -0.389. The number of esters is 1. The monoisotopic (exact) mass is 245 g/mol. The quantitative estimate of drug-likeness (QED) is 0.712. The minimum absolute atomic E-state index is 0.000378. The number of hydrogen-bond donors (Lipinski definition) is 0. The molecule has 0 fully saturated rings. The molecule has 0 atom stereocenters. The Balaban J connectivity index is 4.32. The van der Waals surface area contributed by atoms with Crippen LogP contribution in [0.2, 0.25) is 0 Å². The van der Waals surface area contributed by atoms with Crippen molar-refractivity contribution in [3.8, 4) is 0 Å². The van der Waals surface area contributed by atoms with Crippen LogP contribution in [0, 0.1) is 0 Å². The Bertz CT molecular complexity index is 268. The molecule has 1 amide bonds. The van der Waals surface area contributed by atoms with Gasteiger partial charge >= 0.3 is 12.1 Å². The molecule has 0 aliphatic rings. The molecule has 0 bridgehead atoms. The molecule has 0 spiro atoms. The minimum atomic E-state index is -0.522. The summed E-state index contributed by atoms with van der Waals surface area (Å²) in [6.45, 7) is 11.1.